The Morgan fingerprint density at radius 3 is 2.21 bits per heavy atom. The van der Waals surface area contributed by atoms with Crippen molar-refractivity contribution in [1.82, 2.24) is 0 Å². The van der Waals surface area contributed by atoms with Crippen molar-refractivity contribution in [2.45, 2.75) is 27.2 Å². The molecule has 0 bridgehead atoms. The zero-order valence-electron chi connectivity index (χ0n) is 16.4. The van der Waals surface area contributed by atoms with Crippen molar-refractivity contribution in [2.24, 2.45) is 0 Å². The standard InChI is InChI=1S/C21H25Cl2N3O2/c1-4-10-26(12-20(27)24-18-7-5-6-14(2)15(18)3)13-21(28)25-19-9-8-16(22)11-17(19)23/h5-9,11H,4,10,12-13H2,1-3H3,(H,24,27)(H,25,28)/p+1. The maximum atomic E-state index is 12.5. The Hall–Kier alpha value is -2.08. The topological polar surface area (TPSA) is 62.6 Å². The Morgan fingerprint density at radius 1 is 0.964 bits per heavy atom. The minimum absolute atomic E-state index is 0.116. The molecule has 5 nitrogen and oxygen atoms in total. The van der Waals surface area contributed by atoms with Crippen molar-refractivity contribution in [1.29, 1.82) is 0 Å². The first-order valence-corrected chi connectivity index (χ1v) is 10.00. The zero-order chi connectivity index (χ0) is 20.7. The van der Waals surface area contributed by atoms with Gasteiger partial charge in [0.15, 0.2) is 13.1 Å². The monoisotopic (exact) mass is 422 g/mol. The molecule has 0 aromatic heterocycles. The lowest BCUT2D eigenvalue weighted by Gasteiger charge is -2.19. The Balaban J connectivity index is 1.97. The third-order valence-electron chi connectivity index (χ3n) is 4.51. The molecule has 2 rings (SSSR count). The molecule has 150 valence electrons. The van der Waals surface area contributed by atoms with Gasteiger partial charge in [0.05, 0.1) is 17.3 Å². The molecule has 7 heteroatoms. The molecule has 1 atom stereocenters. The maximum Gasteiger partial charge on any atom is 0.279 e. The van der Waals surface area contributed by atoms with E-state index in [4.69, 9.17) is 23.2 Å². The number of carbonyl (C=O) groups is 2. The summed E-state index contributed by atoms with van der Waals surface area (Å²) in [6.07, 6.45) is 0.862. The molecule has 2 aromatic rings. The predicted octanol–water partition coefficient (Wildman–Crippen LogP) is 3.48. The van der Waals surface area contributed by atoms with Crippen LogP contribution < -0.4 is 15.5 Å². The SMILES string of the molecule is CCC[NH+](CC(=O)Nc1ccc(Cl)cc1Cl)CC(=O)Nc1cccc(C)c1C. The maximum absolute atomic E-state index is 12.5. The molecule has 0 radical (unpaired) electrons. The molecule has 0 fully saturated rings. The summed E-state index contributed by atoms with van der Waals surface area (Å²) < 4.78 is 0. The van der Waals surface area contributed by atoms with Crippen molar-refractivity contribution in [3.63, 3.8) is 0 Å². The van der Waals surface area contributed by atoms with Crippen LogP contribution in [0.5, 0.6) is 0 Å². The van der Waals surface area contributed by atoms with Gasteiger partial charge in [-0.3, -0.25) is 9.59 Å². The fraction of sp³-hybridized carbons (Fsp3) is 0.333. The van der Waals surface area contributed by atoms with Gasteiger partial charge < -0.3 is 15.5 Å². The average molecular weight is 423 g/mol. The number of hydrogen-bond acceptors (Lipinski definition) is 2. The van der Waals surface area contributed by atoms with Gasteiger partial charge in [-0.05, 0) is 55.7 Å². The summed E-state index contributed by atoms with van der Waals surface area (Å²) >= 11 is 12.0. The molecule has 0 heterocycles. The highest BCUT2D eigenvalue weighted by atomic mass is 35.5. The molecule has 0 aliphatic rings. The molecule has 1 unspecified atom stereocenters. The van der Waals surface area contributed by atoms with Crippen molar-refractivity contribution >= 4 is 46.4 Å². The summed E-state index contributed by atoms with van der Waals surface area (Å²) in [5.41, 5.74) is 3.47. The number of amides is 2. The number of nitrogens with one attached hydrogen (secondary N) is 3. The number of halogens is 2. The third-order valence-corrected chi connectivity index (χ3v) is 5.06. The average Bonchev–Trinajstić information content (AvgIpc) is 2.61. The fourth-order valence-corrected chi connectivity index (χ4v) is 3.37. The molecule has 0 spiro atoms. The molecule has 0 aliphatic carbocycles. The number of hydrogen-bond donors (Lipinski definition) is 3. The number of aryl methyl sites for hydroxylation is 1. The molecule has 2 aromatic carbocycles. The van der Waals surface area contributed by atoms with Gasteiger partial charge >= 0.3 is 0 Å². The number of carbonyl (C=O) groups excluding carboxylic acids is 2. The normalized spacial score (nSPS) is 11.8. The van der Waals surface area contributed by atoms with E-state index in [1.54, 1.807) is 18.2 Å². The van der Waals surface area contributed by atoms with E-state index < -0.39 is 0 Å². The van der Waals surface area contributed by atoms with E-state index in [2.05, 4.69) is 10.6 Å². The third kappa shape index (κ3) is 6.51. The Bertz CT molecular complexity index is 856. The van der Waals surface area contributed by atoms with Gasteiger partial charge in [0.2, 0.25) is 0 Å². The quantitative estimate of drug-likeness (QED) is 0.609. The van der Waals surface area contributed by atoms with E-state index in [0.29, 0.717) is 22.3 Å². The predicted molar refractivity (Wildman–Crippen MR) is 115 cm³/mol. The lowest BCUT2D eigenvalue weighted by molar-refractivity contribution is -0.883. The van der Waals surface area contributed by atoms with Crippen molar-refractivity contribution in [3.8, 4) is 0 Å². The highest BCUT2D eigenvalue weighted by molar-refractivity contribution is 6.36. The van der Waals surface area contributed by atoms with Crippen LogP contribution in [0, 0.1) is 13.8 Å². The van der Waals surface area contributed by atoms with E-state index in [1.165, 1.54) is 0 Å². The molecular formula is C21H26Cl2N3O2+. The zero-order valence-corrected chi connectivity index (χ0v) is 17.9. The summed E-state index contributed by atoms with van der Waals surface area (Å²) in [5.74, 6) is -0.318. The van der Waals surface area contributed by atoms with E-state index in [1.807, 2.05) is 39.0 Å². The summed E-state index contributed by atoms with van der Waals surface area (Å²) in [6.45, 7) is 7.10. The summed E-state index contributed by atoms with van der Waals surface area (Å²) in [5, 5.41) is 6.62. The first-order chi connectivity index (χ1) is 13.3. The second-order valence-corrected chi connectivity index (χ2v) is 7.67. The van der Waals surface area contributed by atoms with Crippen LogP contribution in [0.3, 0.4) is 0 Å². The van der Waals surface area contributed by atoms with E-state index >= 15 is 0 Å². The van der Waals surface area contributed by atoms with Crippen LogP contribution in [0.4, 0.5) is 11.4 Å². The summed E-state index contributed by atoms with van der Waals surface area (Å²) in [6, 6.07) is 10.7. The van der Waals surface area contributed by atoms with Crippen molar-refractivity contribution in [3.05, 3.63) is 57.6 Å². The number of quaternary nitrogens is 1. The van der Waals surface area contributed by atoms with Gasteiger partial charge in [0.1, 0.15) is 0 Å². The van der Waals surface area contributed by atoms with Gasteiger partial charge in [0.25, 0.3) is 11.8 Å². The summed E-state index contributed by atoms with van der Waals surface area (Å²) in [7, 11) is 0. The molecule has 28 heavy (non-hydrogen) atoms. The lowest BCUT2D eigenvalue weighted by Crippen LogP contribution is -3.14. The van der Waals surface area contributed by atoms with Crippen LogP contribution in [0.15, 0.2) is 36.4 Å². The first kappa shape index (κ1) is 22.2. The minimum Gasteiger partial charge on any atom is -0.321 e. The smallest absolute Gasteiger partial charge is 0.279 e. The van der Waals surface area contributed by atoms with Gasteiger partial charge in [-0.1, -0.05) is 42.3 Å². The molecule has 3 N–H and O–H groups in total. The highest BCUT2D eigenvalue weighted by Crippen LogP contribution is 2.25. The molecule has 0 saturated carbocycles. The number of rotatable bonds is 8. The lowest BCUT2D eigenvalue weighted by atomic mass is 10.1. The largest absolute Gasteiger partial charge is 0.321 e. The first-order valence-electron chi connectivity index (χ1n) is 9.24. The molecular weight excluding hydrogens is 397 g/mol. The Morgan fingerprint density at radius 2 is 1.61 bits per heavy atom. The molecule has 0 aliphatic heterocycles. The van der Waals surface area contributed by atoms with Crippen LogP contribution in [-0.2, 0) is 9.59 Å². The van der Waals surface area contributed by atoms with E-state index in [9.17, 15) is 9.59 Å². The second-order valence-electron chi connectivity index (χ2n) is 6.82. The van der Waals surface area contributed by atoms with E-state index in [-0.39, 0.29) is 24.9 Å². The van der Waals surface area contributed by atoms with E-state index in [0.717, 1.165) is 28.1 Å². The Labute approximate surface area is 176 Å². The van der Waals surface area contributed by atoms with Gasteiger partial charge in [-0.15, -0.1) is 0 Å². The van der Waals surface area contributed by atoms with Crippen LogP contribution >= 0.6 is 23.2 Å². The fourth-order valence-electron chi connectivity index (χ4n) is 2.91. The molecule has 0 saturated heterocycles. The van der Waals surface area contributed by atoms with Crippen LogP contribution in [0.25, 0.3) is 0 Å². The highest BCUT2D eigenvalue weighted by Gasteiger charge is 2.19. The van der Waals surface area contributed by atoms with Crippen molar-refractivity contribution in [2.75, 3.05) is 30.3 Å². The van der Waals surface area contributed by atoms with Crippen LogP contribution in [0.2, 0.25) is 10.0 Å². The molecule has 2 amide bonds. The van der Waals surface area contributed by atoms with Crippen molar-refractivity contribution < 1.29 is 14.5 Å². The summed E-state index contributed by atoms with van der Waals surface area (Å²) in [4.78, 5) is 25.8. The van der Waals surface area contributed by atoms with Crippen LogP contribution in [0.1, 0.15) is 24.5 Å². The van der Waals surface area contributed by atoms with Gasteiger partial charge in [-0.25, -0.2) is 0 Å². The second kappa shape index (κ2) is 10.5. The van der Waals surface area contributed by atoms with Gasteiger partial charge in [0, 0.05) is 10.7 Å². The minimum atomic E-state index is -0.202. The Kier molecular flexibility index (Phi) is 8.30. The van der Waals surface area contributed by atoms with Crippen LogP contribution in [-0.4, -0.2) is 31.4 Å². The number of benzene rings is 2. The number of anilines is 2. The van der Waals surface area contributed by atoms with Gasteiger partial charge in [-0.2, -0.15) is 0 Å².